The normalized spacial score (nSPS) is 30.6. The molecule has 0 aromatic heterocycles. The monoisotopic (exact) mass is 634 g/mol. The largest absolute Gasteiger partial charge is 0.506 e. The lowest BCUT2D eigenvalue weighted by atomic mass is 9.56. The zero-order valence-electron chi connectivity index (χ0n) is 28.6. The third-order valence-corrected chi connectivity index (χ3v) is 10.6. The Morgan fingerprint density at radius 3 is 2.33 bits per heavy atom. The molecule has 8 heteroatoms. The molecule has 5 rings (SSSR count). The standard InChI is InChI=1S/C38H50O8/c1-22(2)11-10-18-36(8)19-17-25-30(40)29-31(41)27-12-9-13-28-35(6,7)46-37(21-39,20-16-24(5)34(42)43)38(27,28)45-33(29)26(32(25)44-36)15-14-23(3)4/h11,14,16-17,19,27-28,39-40H,9-10,12-13,15,18,20-21H2,1-8H3,(H,42,43)/b24-16-/t27?,28?,36-,37?,38?/m1/s1. The number of fused-ring (bicyclic) bond motifs is 2. The van der Waals surface area contributed by atoms with Gasteiger partial charge in [0.2, 0.25) is 0 Å². The van der Waals surface area contributed by atoms with Gasteiger partial charge in [-0.3, -0.25) is 4.79 Å². The van der Waals surface area contributed by atoms with Gasteiger partial charge in [0.1, 0.15) is 34.0 Å². The van der Waals surface area contributed by atoms with Gasteiger partial charge in [0.25, 0.3) is 0 Å². The van der Waals surface area contributed by atoms with Gasteiger partial charge in [-0.25, -0.2) is 4.79 Å². The van der Waals surface area contributed by atoms with Gasteiger partial charge in [0.05, 0.1) is 23.7 Å². The average Bonchev–Trinajstić information content (AvgIpc) is 3.17. The molecule has 0 radical (unpaired) electrons. The fourth-order valence-electron chi connectivity index (χ4n) is 8.26. The van der Waals surface area contributed by atoms with Gasteiger partial charge in [-0.1, -0.05) is 35.8 Å². The molecule has 46 heavy (non-hydrogen) atoms. The lowest BCUT2D eigenvalue weighted by molar-refractivity contribution is -0.177. The number of hydrogen-bond donors (Lipinski definition) is 3. The van der Waals surface area contributed by atoms with Crippen LogP contribution < -0.4 is 9.47 Å². The molecule has 3 aliphatic heterocycles. The fourth-order valence-corrected chi connectivity index (χ4v) is 8.26. The molecule has 1 spiro atoms. The van der Waals surface area contributed by atoms with Crippen molar-refractivity contribution in [3.8, 4) is 17.2 Å². The maximum atomic E-state index is 14.8. The molecule has 2 fully saturated rings. The number of ether oxygens (including phenoxy) is 3. The third kappa shape index (κ3) is 5.41. The molecule has 1 aromatic rings. The first-order chi connectivity index (χ1) is 21.5. The Labute approximate surface area is 272 Å². The number of allylic oxidation sites excluding steroid dienone is 4. The first-order valence-corrected chi connectivity index (χ1v) is 16.5. The molecule has 5 atom stereocenters. The number of aliphatic hydroxyl groups is 1. The number of Topliss-reactive ketones (excluding diaryl/α,β-unsaturated/α-hetero) is 1. The molecule has 0 amide bonds. The summed E-state index contributed by atoms with van der Waals surface area (Å²) in [7, 11) is 0. The van der Waals surface area contributed by atoms with Crippen molar-refractivity contribution in [1.29, 1.82) is 0 Å². The molecule has 1 saturated heterocycles. The molecule has 1 saturated carbocycles. The zero-order chi connectivity index (χ0) is 33.8. The Kier molecular flexibility index (Phi) is 8.88. The van der Waals surface area contributed by atoms with Gasteiger partial charge >= 0.3 is 5.97 Å². The number of phenolic OH excluding ortho intramolecular Hbond substituents is 1. The summed E-state index contributed by atoms with van der Waals surface area (Å²) in [5, 5.41) is 32.7. The van der Waals surface area contributed by atoms with Crippen LogP contribution in [0.5, 0.6) is 17.2 Å². The number of carboxylic acids is 1. The van der Waals surface area contributed by atoms with E-state index in [4.69, 9.17) is 14.2 Å². The van der Waals surface area contributed by atoms with Gasteiger partial charge in [-0.2, -0.15) is 0 Å². The van der Waals surface area contributed by atoms with E-state index in [-0.39, 0.29) is 40.8 Å². The highest BCUT2D eigenvalue weighted by atomic mass is 16.6. The minimum Gasteiger partial charge on any atom is -0.506 e. The highest BCUT2D eigenvalue weighted by Crippen LogP contribution is 2.65. The number of hydrogen-bond acceptors (Lipinski definition) is 7. The van der Waals surface area contributed by atoms with Gasteiger partial charge in [0, 0.05) is 23.5 Å². The molecule has 250 valence electrons. The number of benzene rings is 1. The van der Waals surface area contributed by atoms with Gasteiger partial charge < -0.3 is 29.5 Å². The van der Waals surface area contributed by atoms with Gasteiger partial charge in [0.15, 0.2) is 11.4 Å². The Hall–Kier alpha value is -3.36. The second-order valence-electron chi connectivity index (χ2n) is 14.9. The van der Waals surface area contributed by atoms with Crippen molar-refractivity contribution < 1.29 is 39.1 Å². The second-order valence-corrected chi connectivity index (χ2v) is 14.9. The highest BCUT2D eigenvalue weighted by Gasteiger charge is 2.75. The molecule has 1 aliphatic carbocycles. The minimum atomic E-state index is -1.41. The SMILES string of the molecule is CC(C)=CCC[C@]1(C)C=Cc2c(O)c3c(c(CC=C(C)C)c2O1)OC12C(CCCC1C(C)(C)OC2(CO)C/C=C(/C)C(=O)O)C3=O. The van der Waals surface area contributed by atoms with Crippen LogP contribution in [0.2, 0.25) is 0 Å². The number of aliphatic carboxylic acids is 1. The number of phenols is 1. The summed E-state index contributed by atoms with van der Waals surface area (Å²) in [4.78, 5) is 26.6. The van der Waals surface area contributed by atoms with E-state index in [9.17, 15) is 24.9 Å². The maximum absolute atomic E-state index is 14.8. The summed E-state index contributed by atoms with van der Waals surface area (Å²) in [6.45, 7) is 15.1. The van der Waals surface area contributed by atoms with E-state index < -0.39 is 40.9 Å². The lowest BCUT2D eigenvalue weighted by Crippen LogP contribution is -2.69. The van der Waals surface area contributed by atoms with Gasteiger partial charge in [-0.05, 0) is 99.6 Å². The summed E-state index contributed by atoms with van der Waals surface area (Å²) < 4.78 is 20.8. The molecule has 0 bridgehead atoms. The van der Waals surface area contributed by atoms with Crippen LogP contribution in [0.4, 0.5) is 0 Å². The molecule has 1 aromatic carbocycles. The molecule has 3 heterocycles. The minimum absolute atomic E-state index is 0.0442. The molecular formula is C38H50O8. The van der Waals surface area contributed by atoms with Crippen molar-refractivity contribution in [1.82, 2.24) is 0 Å². The number of carboxylic acid groups (broad SMARTS) is 1. The topological polar surface area (TPSA) is 123 Å². The average molecular weight is 635 g/mol. The van der Waals surface area contributed by atoms with E-state index in [1.807, 2.05) is 46.8 Å². The molecule has 4 aliphatic rings. The Balaban J connectivity index is 1.75. The maximum Gasteiger partial charge on any atom is 0.330 e. The summed E-state index contributed by atoms with van der Waals surface area (Å²) in [6, 6.07) is 0. The molecule has 3 N–H and O–H groups in total. The van der Waals surface area contributed by atoms with Crippen LogP contribution in [0.1, 0.15) is 115 Å². The van der Waals surface area contributed by atoms with Crippen LogP contribution in [0.3, 0.4) is 0 Å². The number of aromatic hydroxyl groups is 1. The predicted octanol–water partition coefficient (Wildman–Crippen LogP) is 7.50. The lowest BCUT2D eigenvalue weighted by Gasteiger charge is -2.55. The van der Waals surface area contributed by atoms with Crippen molar-refractivity contribution >= 4 is 17.8 Å². The summed E-state index contributed by atoms with van der Waals surface area (Å²) in [5.74, 6) is -1.72. The highest BCUT2D eigenvalue weighted by molar-refractivity contribution is 6.07. The van der Waals surface area contributed by atoms with Crippen molar-refractivity contribution in [3.63, 3.8) is 0 Å². The van der Waals surface area contributed by atoms with E-state index in [0.717, 1.165) is 18.4 Å². The molecular weight excluding hydrogens is 584 g/mol. The fraction of sp³-hybridized carbons (Fsp3) is 0.579. The van der Waals surface area contributed by atoms with Crippen LogP contribution in [0.15, 0.2) is 41.0 Å². The molecule has 8 nitrogen and oxygen atoms in total. The number of rotatable bonds is 9. The summed E-state index contributed by atoms with van der Waals surface area (Å²) in [5.41, 5.74) is -0.461. The first-order valence-electron chi connectivity index (χ1n) is 16.5. The van der Waals surface area contributed by atoms with E-state index in [1.165, 1.54) is 12.5 Å². The number of carbonyl (C=O) groups is 2. The van der Waals surface area contributed by atoms with Crippen LogP contribution in [0.25, 0.3) is 6.08 Å². The van der Waals surface area contributed by atoms with Crippen LogP contribution >= 0.6 is 0 Å². The summed E-state index contributed by atoms with van der Waals surface area (Å²) >= 11 is 0. The Morgan fingerprint density at radius 1 is 1.00 bits per heavy atom. The zero-order valence-corrected chi connectivity index (χ0v) is 28.6. The van der Waals surface area contributed by atoms with Crippen molar-refractivity contribution in [2.45, 2.75) is 123 Å². The van der Waals surface area contributed by atoms with Crippen molar-refractivity contribution in [2.75, 3.05) is 6.61 Å². The van der Waals surface area contributed by atoms with E-state index >= 15 is 0 Å². The van der Waals surface area contributed by atoms with Crippen LogP contribution in [-0.4, -0.2) is 56.1 Å². The smallest absolute Gasteiger partial charge is 0.330 e. The van der Waals surface area contributed by atoms with E-state index in [1.54, 1.807) is 6.08 Å². The second kappa shape index (κ2) is 12.0. The van der Waals surface area contributed by atoms with E-state index in [2.05, 4.69) is 26.0 Å². The first kappa shape index (κ1) is 34.0. The summed E-state index contributed by atoms with van der Waals surface area (Å²) in [6.07, 6.45) is 13.5. The predicted molar refractivity (Wildman–Crippen MR) is 177 cm³/mol. The Bertz CT molecular complexity index is 1550. The quantitative estimate of drug-likeness (QED) is 0.189. The third-order valence-electron chi connectivity index (χ3n) is 10.6. The Morgan fingerprint density at radius 2 is 1.70 bits per heavy atom. The number of ketones is 1. The number of aliphatic hydroxyl groups excluding tert-OH is 1. The molecule has 4 unspecified atom stereocenters. The number of carbonyl (C=O) groups excluding carboxylic acids is 1. The van der Waals surface area contributed by atoms with Gasteiger partial charge in [-0.15, -0.1) is 0 Å². The van der Waals surface area contributed by atoms with Crippen molar-refractivity contribution in [2.24, 2.45) is 11.8 Å². The van der Waals surface area contributed by atoms with Crippen LogP contribution in [-0.2, 0) is 16.0 Å². The van der Waals surface area contributed by atoms with Crippen molar-refractivity contribution in [3.05, 3.63) is 57.7 Å². The van der Waals surface area contributed by atoms with Crippen LogP contribution in [0, 0.1) is 11.8 Å². The van der Waals surface area contributed by atoms with E-state index in [0.29, 0.717) is 42.6 Å².